The van der Waals surface area contributed by atoms with Gasteiger partial charge < -0.3 is 10.0 Å². The second kappa shape index (κ2) is 4.68. The van der Waals surface area contributed by atoms with Crippen molar-refractivity contribution in [1.82, 2.24) is 4.90 Å². The third-order valence-corrected chi connectivity index (χ3v) is 3.35. The first-order valence-electron chi connectivity index (χ1n) is 5.64. The minimum atomic E-state index is -1.04. The number of nitro groups is 1. The molecule has 100 valence electrons. The number of hydrogen-bond acceptors (Lipinski definition) is 4. The lowest BCUT2D eigenvalue weighted by Gasteiger charge is -2.23. The minimum absolute atomic E-state index is 0.0481. The van der Waals surface area contributed by atoms with E-state index in [9.17, 15) is 19.7 Å². The van der Waals surface area contributed by atoms with Gasteiger partial charge in [-0.3, -0.25) is 19.7 Å². The van der Waals surface area contributed by atoms with Crippen LogP contribution in [0.15, 0.2) is 24.3 Å². The van der Waals surface area contributed by atoms with Crippen LogP contribution in [-0.4, -0.2) is 33.9 Å². The van der Waals surface area contributed by atoms with Crippen molar-refractivity contribution < 1.29 is 19.6 Å². The summed E-state index contributed by atoms with van der Waals surface area (Å²) in [5.41, 5.74) is 0.522. The molecular formula is C12H12N2O5. The van der Waals surface area contributed by atoms with Crippen LogP contribution in [0.4, 0.5) is 5.69 Å². The standard InChI is InChI=1S/C12H12N2O5/c1-13-10(15)6-9(12(16)17)11(13)7-2-4-8(5-3-7)14(18)19/h2-5,9,11H,6H2,1H3,(H,16,17)/t9-,11+/m0/s1. The molecule has 7 nitrogen and oxygen atoms in total. The van der Waals surface area contributed by atoms with Gasteiger partial charge in [0, 0.05) is 25.6 Å². The molecule has 2 atom stereocenters. The van der Waals surface area contributed by atoms with Gasteiger partial charge in [-0.2, -0.15) is 0 Å². The first-order valence-corrected chi connectivity index (χ1v) is 5.64. The monoisotopic (exact) mass is 264 g/mol. The van der Waals surface area contributed by atoms with Gasteiger partial charge in [-0.05, 0) is 5.56 Å². The van der Waals surface area contributed by atoms with E-state index in [0.29, 0.717) is 5.56 Å². The van der Waals surface area contributed by atoms with Crippen LogP contribution in [0, 0.1) is 16.0 Å². The van der Waals surface area contributed by atoms with Crippen molar-refractivity contribution in [3.8, 4) is 0 Å². The van der Waals surface area contributed by atoms with Gasteiger partial charge in [0.1, 0.15) is 0 Å². The Balaban J connectivity index is 2.35. The molecule has 0 saturated carbocycles. The van der Waals surface area contributed by atoms with E-state index in [1.165, 1.54) is 36.2 Å². The summed E-state index contributed by atoms with van der Waals surface area (Å²) in [4.78, 5) is 34.2. The maximum Gasteiger partial charge on any atom is 0.309 e. The molecule has 0 aliphatic carbocycles. The van der Waals surface area contributed by atoms with Crippen LogP contribution in [0.3, 0.4) is 0 Å². The van der Waals surface area contributed by atoms with Crippen molar-refractivity contribution in [3.63, 3.8) is 0 Å². The Labute approximate surface area is 108 Å². The molecular weight excluding hydrogens is 252 g/mol. The number of carbonyl (C=O) groups is 2. The first-order chi connectivity index (χ1) is 8.91. The summed E-state index contributed by atoms with van der Waals surface area (Å²) in [6, 6.07) is 5.03. The second-order valence-electron chi connectivity index (χ2n) is 4.45. The van der Waals surface area contributed by atoms with Crippen molar-refractivity contribution >= 4 is 17.6 Å². The molecule has 1 heterocycles. The van der Waals surface area contributed by atoms with Crippen molar-refractivity contribution in [1.29, 1.82) is 0 Å². The zero-order valence-corrected chi connectivity index (χ0v) is 10.1. The Hall–Kier alpha value is -2.44. The van der Waals surface area contributed by atoms with Crippen LogP contribution in [-0.2, 0) is 9.59 Å². The summed E-state index contributed by atoms with van der Waals surface area (Å²) in [7, 11) is 1.54. The fourth-order valence-electron chi connectivity index (χ4n) is 2.34. The number of non-ortho nitro benzene ring substituents is 1. The highest BCUT2D eigenvalue weighted by molar-refractivity contribution is 5.87. The summed E-state index contributed by atoms with van der Waals surface area (Å²) in [5, 5.41) is 19.7. The Morgan fingerprint density at radius 1 is 1.42 bits per heavy atom. The highest BCUT2D eigenvalue weighted by atomic mass is 16.6. The minimum Gasteiger partial charge on any atom is -0.481 e. The molecule has 7 heteroatoms. The molecule has 1 N–H and O–H groups in total. The van der Waals surface area contributed by atoms with Gasteiger partial charge in [0.2, 0.25) is 5.91 Å². The largest absolute Gasteiger partial charge is 0.481 e. The van der Waals surface area contributed by atoms with E-state index in [1.807, 2.05) is 0 Å². The van der Waals surface area contributed by atoms with Gasteiger partial charge in [0.25, 0.3) is 5.69 Å². The molecule has 19 heavy (non-hydrogen) atoms. The normalized spacial score (nSPS) is 22.6. The zero-order valence-electron chi connectivity index (χ0n) is 10.1. The van der Waals surface area contributed by atoms with Crippen LogP contribution in [0.2, 0.25) is 0 Å². The molecule has 0 radical (unpaired) electrons. The van der Waals surface area contributed by atoms with Crippen molar-refractivity contribution in [2.75, 3.05) is 7.05 Å². The molecule has 1 amide bonds. The Morgan fingerprint density at radius 3 is 2.47 bits per heavy atom. The van der Waals surface area contributed by atoms with Crippen molar-refractivity contribution in [2.24, 2.45) is 5.92 Å². The van der Waals surface area contributed by atoms with E-state index in [-0.39, 0.29) is 18.0 Å². The van der Waals surface area contributed by atoms with Gasteiger partial charge in [0.15, 0.2) is 0 Å². The maximum absolute atomic E-state index is 11.6. The number of aliphatic carboxylic acids is 1. The number of nitrogens with zero attached hydrogens (tertiary/aromatic N) is 2. The molecule has 1 fully saturated rings. The van der Waals surface area contributed by atoms with E-state index in [4.69, 9.17) is 5.11 Å². The predicted molar refractivity (Wildman–Crippen MR) is 64.4 cm³/mol. The fraction of sp³-hybridized carbons (Fsp3) is 0.333. The zero-order chi connectivity index (χ0) is 14.2. The predicted octanol–water partition coefficient (Wildman–Crippen LogP) is 1.20. The summed E-state index contributed by atoms with van der Waals surface area (Å²) >= 11 is 0. The number of rotatable bonds is 3. The van der Waals surface area contributed by atoms with E-state index < -0.39 is 22.9 Å². The van der Waals surface area contributed by atoms with E-state index in [0.717, 1.165) is 0 Å². The van der Waals surface area contributed by atoms with Crippen LogP contribution in [0.5, 0.6) is 0 Å². The topological polar surface area (TPSA) is 101 Å². The highest BCUT2D eigenvalue weighted by Crippen LogP contribution is 2.37. The summed E-state index contributed by atoms with van der Waals surface area (Å²) in [5.74, 6) is -2.10. The van der Waals surface area contributed by atoms with Crippen LogP contribution in [0.25, 0.3) is 0 Å². The van der Waals surface area contributed by atoms with E-state index in [2.05, 4.69) is 0 Å². The number of nitro benzene ring substituents is 1. The molecule has 0 spiro atoms. The van der Waals surface area contributed by atoms with Gasteiger partial charge in [-0.25, -0.2) is 0 Å². The van der Waals surface area contributed by atoms with Crippen molar-refractivity contribution in [2.45, 2.75) is 12.5 Å². The SMILES string of the molecule is CN1C(=O)C[C@H](C(=O)O)[C@H]1c1ccc([N+](=O)[O-])cc1. The lowest BCUT2D eigenvalue weighted by molar-refractivity contribution is -0.384. The van der Waals surface area contributed by atoms with Gasteiger partial charge in [-0.15, -0.1) is 0 Å². The average Bonchev–Trinajstić information content (AvgIpc) is 2.66. The highest BCUT2D eigenvalue weighted by Gasteiger charge is 2.42. The summed E-state index contributed by atoms with van der Waals surface area (Å²) in [6.45, 7) is 0. The number of carboxylic acids is 1. The Bertz CT molecular complexity index is 540. The summed E-state index contributed by atoms with van der Waals surface area (Å²) in [6.07, 6.45) is -0.0481. The third-order valence-electron chi connectivity index (χ3n) is 3.35. The lowest BCUT2D eigenvalue weighted by Crippen LogP contribution is -2.26. The van der Waals surface area contributed by atoms with E-state index >= 15 is 0 Å². The maximum atomic E-state index is 11.6. The smallest absolute Gasteiger partial charge is 0.309 e. The number of carbonyl (C=O) groups excluding carboxylic acids is 1. The van der Waals surface area contributed by atoms with Crippen LogP contribution >= 0.6 is 0 Å². The molecule has 1 aromatic rings. The quantitative estimate of drug-likeness (QED) is 0.653. The Kier molecular flexibility index (Phi) is 3.20. The molecule has 1 aromatic carbocycles. The molecule has 1 saturated heterocycles. The Morgan fingerprint density at radius 2 is 2.00 bits per heavy atom. The summed E-state index contributed by atoms with van der Waals surface area (Å²) < 4.78 is 0. The fourth-order valence-corrected chi connectivity index (χ4v) is 2.34. The average molecular weight is 264 g/mol. The van der Waals surface area contributed by atoms with Gasteiger partial charge >= 0.3 is 5.97 Å². The van der Waals surface area contributed by atoms with Crippen molar-refractivity contribution in [3.05, 3.63) is 39.9 Å². The molecule has 1 aliphatic rings. The van der Waals surface area contributed by atoms with E-state index in [1.54, 1.807) is 0 Å². The number of amides is 1. The molecule has 0 unspecified atom stereocenters. The third kappa shape index (κ3) is 2.26. The van der Waals surface area contributed by atoms with Gasteiger partial charge in [-0.1, -0.05) is 12.1 Å². The molecule has 0 aromatic heterocycles. The number of likely N-dealkylation sites (tertiary alicyclic amines) is 1. The number of carboxylic acid groups (broad SMARTS) is 1. The number of hydrogen-bond donors (Lipinski definition) is 1. The first kappa shape index (κ1) is 13.0. The van der Waals surface area contributed by atoms with Gasteiger partial charge in [0.05, 0.1) is 16.9 Å². The molecule has 0 bridgehead atoms. The number of benzene rings is 1. The molecule has 2 rings (SSSR count). The molecule has 1 aliphatic heterocycles. The van der Waals surface area contributed by atoms with Crippen LogP contribution < -0.4 is 0 Å². The lowest BCUT2D eigenvalue weighted by atomic mass is 9.94. The second-order valence-corrected chi connectivity index (χ2v) is 4.45. The van der Waals surface area contributed by atoms with Crippen LogP contribution in [0.1, 0.15) is 18.0 Å².